The van der Waals surface area contributed by atoms with E-state index in [0.29, 0.717) is 0 Å². The fraction of sp³-hybridized carbons (Fsp3) is 0.500. The Morgan fingerprint density at radius 3 is 2.82 bits per heavy atom. The first-order valence-electron chi connectivity index (χ1n) is 4.58. The quantitative estimate of drug-likeness (QED) is 0.589. The summed E-state index contributed by atoms with van der Waals surface area (Å²) in [6.07, 6.45) is 1.38. The maximum Gasteiger partial charge on any atom is 0.320 e. The Kier molecular flexibility index (Phi) is 4.66. The minimum absolute atomic E-state index is 0.0297. The highest BCUT2D eigenvalue weighted by Crippen LogP contribution is 2.07. The summed E-state index contributed by atoms with van der Waals surface area (Å²) in [6, 6.07) is 1.36. The molecule has 1 aromatic rings. The normalized spacial score (nSPS) is 13.4. The first kappa shape index (κ1) is 14.1. The van der Waals surface area contributed by atoms with Gasteiger partial charge < -0.3 is 4.74 Å². The Labute approximate surface area is 107 Å². The van der Waals surface area contributed by atoms with E-state index in [9.17, 15) is 13.2 Å². The van der Waals surface area contributed by atoms with Crippen molar-refractivity contribution in [3.8, 4) is 0 Å². The number of carbonyl (C=O) groups excluding carboxylic acids is 1. The van der Waals surface area contributed by atoms with Crippen molar-refractivity contribution in [2.75, 3.05) is 13.7 Å². The molecular weight excluding hydrogens is 314 g/mol. The van der Waals surface area contributed by atoms with E-state index < -0.39 is 20.8 Å². The van der Waals surface area contributed by atoms with Gasteiger partial charge in [-0.05, 0) is 6.07 Å². The van der Waals surface area contributed by atoms with Crippen LogP contribution in [0, 0.1) is 0 Å². The van der Waals surface area contributed by atoms with Crippen LogP contribution in [0.3, 0.4) is 0 Å². The zero-order valence-electron chi connectivity index (χ0n) is 9.25. The Bertz CT molecular complexity index is 499. The topological polar surface area (TPSA) is 90.3 Å². The van der Waals surface area contributed by atoms with Crippen molar-refractivity contribution in [3.05, 3.63) is 12.3 Å². The number of hydrogen-bond acceptors (Lipinski definition) is 5. The van der Waals surface area contributed by atoms with Crippen LogP contribution < -0.4 is 4.72 Å². The number of halogens is 1. The molecule has 9 heteroatoms. The van der Waals surface area contributed by atoms with Gasteiger partial charge in [0.1, 0.15) is 4.83 Å². The smallest absolute Gasteiger partial charge is 0.320 e. The summed E-state index contributed by atoms with van der Waals surface area (Å²) < 4.78 is 31.5. The molecule has 0 aliphatic heterocycles. The molecular formula is C8H12BrN3O4S. The summed E-state index contributed by atoms with van der Waals surface area (Å²) in [7, 11) is -0.929. The van der Waals surface area contributed by atoms with Gasteiger partial charge in [0.25, 0.3) is 10.0 Å². The van der Waals surface area contributed by atoms with Crippen LogP contribution >= 0.6 is 15.9 Å². The second kappa shape index (κ2) is 5.61. The standard InChI is InChI=1S/C8H12BrN3O4S/c1-12-7(3-4-10-12)17(14,15)11-5-6(9)8(13)16-2/h3-4,6,11H,5H2,1-2H3. The lowest BCUT2D eigenvalue weighted by molar-refractivity contribution is -0.139. The third-order valence-corrected chi connectivity index (χ3v) is 4.16. The number of nitrogens with one attached hydrogen (secondary N) is 1. The largest absolute Gasteiger partial charge is 0.468 e. The van der Waals surface area contributed by atoms with Gasteiger partial charge in [0.05, 0.1) is 13.3 Å². The van der Waals surface area contributed by atoms with Crippen molar-refractivity contribution in [2.24, 2.45) is 7.05 Å². The van der Waals surface area contributed by atoms with Crippen LogP contribution in [0.5, 0.6) is 0 Å². The average Bonchev–Trinajstić information content (AvgIpc) is 2.72. The molecule has 1 atom stereocenters. The summed E-state index contributed by atoms with van der Waals surface area (Å²) >= 11 is 3.01. The molecule has 0 saturated heterocycles. The van der Waals surface area contributed by atoms with Gasteiger partial charge in [-0.3, -0.25) is 9.48 Å². The number of esters is 1. The van der Waals surface area contributed by atoms with Crippen LogP contribution in [0.15, 0.2) is 17.3 Å². The van der Waals surface area contributed by atoms with Crippen molar-refractivity contribution in [1.29, 1.82) is 0 Å². The molecule has 0 aromatic carbocycles. The molecule has 1 N–H and O–H groups in total. The average molecular weight is 326 g/mol. The number of sulfonamides is 1. The molecule has 0 saturated carbocycles. The van der Waals surface area contributed by atoms with Gasteiger partial charge in [0, 0.05) is 13.6 Å². The van der Waals surface area contributed by atoms with E-state index in [-0.39, 0.29) is 11.6 Å². The zero-order chi connectivity index (χ0) is 13.1. The van der Waals surface area contributed by atoms with Crippen molar-refractivity contribution < 1.29 is 17.9 Å². The van der Waals surface area contributed by atoms with Gasteiger partial charge in [-0.2, -0.15) is 5.10 Å². The second-order valence-electron chi connectivity index (χ2n) is 3.14. The van der Waals surface area contributed by atoms with Crippen molar-refractivity contribution in [1.82, 2.24) is 14.5 Å². The summed E-state index contributed by atoms with van der Waals surface area (Å²) in [5.74, 6) is -0.544. The number of carbonyl (C=O) groups is 1. The molecule has 7 nitrogen and oxygen atoms in total. The van der Waals surface area contributed by atoms with Gasteiger partial charge in [-0.25, -0.2) is 13.1 Å². The van der Waals surface area contributed by atoms with E-state index in [1.54, 1.807) is 0 Å². The van der Waals surface area contributed by atoms with E-state index in [4.69, 9.17) is 0 Å². The molecule has 0 fully saturated rings. The minimum atomic E-state index is -3.67. The van der Waals surface area contributed by atoms with Crippen LogP contribution in [-0.4, -0.2) is 42.6 Å². The van der Waals surface area contributed by atoms with E-state index >= 15 is 0 Å². The second-order valence-corrected chi connectivity index (χ2v) is 5.95. The van der Waals surface area contributed by atoms with Crippen LogP contribution in [0.1, 0.15) is 0 Å². The molecule has 1 heterocycles. The fourth-order valence-electron chi connectivity index (χ4n) is 1.09. The molecule has 0 spiro atoms. The first-order valence-corrected chi connectivity index (χ1v) is 6.98. The third-order valence-electron chi connectivity index (χ3n) is 1.96. The lowest BCUT2D eigenvalue weighted by Crippen LogP contribution is -2.34. The number of hydrogen-bond donors (Lipinski definition) is 1. The molecule has 0 amide bonds. The summed E-state index contributed by atoms with van der Waals surface area (Å²) in [6.45, 7) is -0.0970. The number of alkyl halides is 1. The predicted molar refractivity (Wildman–Crippen MR) is 63.1 cm³/mol. The summed E-state index contributed by atoms with van der Waals surface area (Å²) in [5, 5.41) is 3.79. The molecule has 0 radical (unpaired) electrons. The number of ether oxygens (including phenoxy) is 1. The maximum absolute atomic E-state index is 11.8. The lowest BCUT2D eigenvalue weighted by atomic mass is 10.4. The summed E-state index contributed by atoms with van der Waals surface area (Å²) in [4.78, 5) is 10.3. The lowest BCUT2D eigenvalue weighted by Gasteiger charge is -2.09. The Balaban J connectivity index is 2.70. The fourth-order valence-corrected chi connectivity index (χ4v) is 2.83. The van der Waals surface area contributed by atoms with Crippen molar-refractivity contribution in [3.63, 3.8) is 0 Å². The number of nitrogens with zero attached hydrogens (tertiary/aromatic N) is 2. The number of aryl methyl sites for hydroxylation is 1. The molecule has 1 unspecified atom stereocenters. The minimum Gasteiger partial charge on any atom is -0.468 e. The Hall–Kier alpha value is -0.930. The van der Waals surface area contributed by atoms with E-state index in [1.165, 1.54) is 31.1 Å². The van der Waals surface area contributed by atoms with E-state index in [1.807, 2.05) is 0 Å². The van der Waals surface area contributed by atoms with Gasteiger partial charge in [0.15, 0.2) is 5.03 Å². The zero-order valence-corrected chi connectivity index (χ0v) is 11.7. The molecule has 1 rings (SSSR count). The van der Waals surface area contributed by atoms with Gasteiger partial charge >= 0.3 is 5.97 Å². The predicted octanol–water partition coefficient (Wildman–Crippen LogP) is -0.365. The maximum atomic E-state index is 11.8. The molecule has 17 heavy (non-hydrogen) atoms. The molecule has 0 aliphatic carbocycles. The molecule has 0 aliphatic rings. The monoisotopic (exact) mass is 325 g/mol. The van der Waals surface area contributed by atoms with Crippen LogP contribution in [0.4, 0.5) is 0 Å². The van der Waals surface area contributed by atoms with E-state index in [2.05, 4.69) is 30.5 Å². The highest BCUT2D eigenvalue weighted by atomic mass is 79.9. The third kappa shape index (κ3) is 3.51. The van der Waals surface area contributed by atoms with E-state index in [0.717, 1.165) is 0 Å². The van der Waals surface area contributed by atoms with Gasteiger partial charge in [0.2, 0.25) is 0 Å². The number of aromatic nitrogens is 2. The molecule has 0 bridgehead atoms. The summed E-state index contributed by atoms with van der Waals surface area (Å²) in [5.41, 5.74) is 0. The van der Waals surface area contributed by atoms with Crippen molar-refractivity contribution in [2.45, 2.75) is 9.85 Å². The van der Waals surface area contributed by atoms with Crippen molar-refractivity contribution >= 4 is 31.9 Å². The van der Waals surface area contributed by atoms with Gasteiger partial charge in [-0.15, -0.1) is 0 Å². The number of methoxy groups -OCH3 is 1. The Morgan fingerprint density at radius 2 is 2.35 bits per heavy atom. The SMILES string of the molecule is COC(=O)C(Br)CNS(=O)(=O)c1ccnn1C. The van der Waals surface area contributed by atoms with Gasteiger partial charge in [-0.1, -0.05) is 15.9 Å². The highest BCUT2D eigenvalue weighted by Gasteiger charge is 2.22. The van der Waals surface area contributed by atoms with Crippen LogP contribution in [0.25, 0.3) is 0 Å². The first-order chi connectivity index (χ1) is 7.88. The number of rotatable bonds is 5. The van der Waals surface area contributed by atoms with Crippen LogP contribution in [0.2, 0.25) is 0 Å². The molecule has 1 aromatic heterocycles. The Morgan fingerprint density at radius 1 is 1.71 bits per heavy atom. The van der Waals surface area contributed by atoms with Crippen LogP contribution in [-0.2, 0) is 26.6 Å². The molecule has 96 valence electrons. The highest BCUT2D eigenvalue weighted by molar-refractivity contribution is 9.10.